The molecule has 0 aliphatic carbocycles. The van der Waals surface area contributed by atoms with Crippen molar-refractivity contribution in [2.24, 2.45) is 5.92 Å². The van der Waals surface area contributed by atoms with Crippen molar-refractivity contribution >= 4 is 16.1 Å². The number of hydrogen-bond donors (Lipinski definition) is 0. The molecule has 1 amide bonds. The van der Waals surface area contributed by atoms with Gasteiger partial charge in [0.05, 0.1) is 16.3 Å². The van der Waals surface area contributed by atoms with Gasteiger partial charge in [-0.25, -0.2) is 4.39 Å². The van der Waals surface area contributed by atoms with Crippen LogP contribution in [0.3, 0.4) is 0 Å². The van der Waals surface area contributed by atoms with E-state index in [0.29, 0.717) is 24.6 Å². The first-order valence-electron chi connectivity index (χ1n) is 9.56. The van der Waals surface area contributed by atoms with Crippen LogP contribution in [-0.2, 0) is 25.8 Å². The number of nitrogens with zero attached hydrogens (tertiary/aromatic N) is 2. The van der Waals surface area contributed by atoms with Crippen LogP contribution in [-0.4, -0.2) is 55.9 Å². The standard InChI is InChI=1S/C20H29FN2O3S/c1-14(2)9-10-22-12-17-18(13-22)27(25,26)20(3,4)19(24)23(17)11-15-7-5-6-8-16(15)21/h5-8,14,17-18H,9-13H2,1-4H3/t17-,18+/m0/s1. The Bertz CT molecular complexity index is 767. The van der Waals surface area contributed by atoms with Gasteiger partial charge in [-0.2, -0.15) is 0 Å². The molecule has 5 nitrogen and oxygen atoms in total. The van der Waals surface area contributed by atoms with E-state index in [0.717, 1.165) is 13.0 Å². The molecule has 1 aromatic rings. The Morgan fingerprint density at radius 3 is 2.59 bits per heavy atom. The van der Waals surface area contributed by atoms with Crippen LogP contribution in [0.5, 0.6) is 0 Å². The summed E-state index contributed by atoms with van der Waals surface area (Å²) < 4.78 is 38.9. The van der Waals surface area contributed by atoms with Crippen LogP contribution in [0.4, 0.5) is 4.39 Å². The normalized spacial score (nSPS) is 30.8. The van der Waals surface area contributed by atoms with Gasteiger partial charge < -0.3 is 9.45 Å². The summed E-state index contributed by atoms with van der Waals surface area (Å²) in [5.41, 5.74) is 0.417. The number of carbonyl (C=O) groups excluding carboxylic acids is 1. The van der Waals surface area contributed by atoms with Crippen LogP contribution in [0.15, 0.2) is 24.3 Å². The number of benzene rings is 1. The fraction of sp³-hybridized carbons (Fsp3) is 0.650. The minimum atomic E-state index is -3.62. The Kier molecular flexibility index (Phi) is 5.49. The highest BCUT2D eigenvalue weighted by Crippen LogP contribution is 2.41. The molecule has 0 aromatic heterocycles. The molecule has 0 saturated carbocycles. The van der Waals surface area contributed by atoms with Crippen molar-refractivity contribution in [2.75, 3.05) is 19.6 Å². The molecule has 2 heterocycles. The molecule has 2 saturated heterocycles. The molecule has 3 atom stereocenters. The summed E-state index contributed by atoms with van der Waals surface area (Å²) in [6.45, 7) is 9.09. The molecule has 150 valence electrons. The molecule has 1 aromatic carbocycles. The van der Waals surface area contributed by atoms with Crippen molar-refractivity contribution in [2.45, 2.75) is 56.7 Å². The van der Waals surface area contributed by atoms with Gasteiger partial charge in [-0.1, -0.05) is 32.0 Å². The van der Waals surface area contributed by atoms with Gasteiger partial charge in [-0.05, 0) is 38.8 Å². The van der Waals surface area contributed by atoms with Crippen molar-refractivity contribution in [3.63, 3.8) is 0 Å². The topological polar surface area (TPSA) is 63.7 Å². The van der Waals surface area contributed by atoms with E-state index in [1.807, 2.05) is 0 Å². The van der Waals surface area contributed by atoms with Crippen LogP contribution in [0.1, 0.15) is 39.7 Å². The second kappa shape index (κ2) is 7.26. The van der Waals surface area contributed by atoms with E-state index in [4.69, 9.17) is 0 Å². The van der Waals surface area contributed by atoms with Crippen LogP contribution in [0, 0.1) is 11.7 Å². The zero-order valence-corrected chi connectivity index (χ0v) is 17.3. The molecule has 7 heteroatoms. The summed E-state index contributed by atoms with van der Waals surface area (Å²) in [7, 11) is -3.62. The molecule has 3 rings (SSSR count). The Balaban J connectivity index is 1.91. The van der Waals surface area contributed by atoms with Crippen molar-refractivity contribution in [1.29, 1.82) is 0 Å². The molecule has 2 fully saturated rings. The maximum atomic E-state index is 14.2. The highest BCUT2D eigenvalue weighted by atomic mass is 32.3. The van der Waals surface area contributed by atoms with Crippen LogP contribution >= 0.6 is 0 Å². The smallest absolute Gasteiger partial charge is 0.278 e. The summed E-state index contributed by atoms with van der Waals surface area (Å²) in [4.78, 5) is 16.8. The molecular weight excluding hydrogens is 367 g/mol. The van der Waals surface area contributed by atoms with E-state index in [-0.39, 0.29) is 12.4 Å². The van der Waals surface area contributed by atoms with Gasteiger partial charge in [0, 0.05) is 25.2 Å². The lowest BCUT2D eigenvalue weighted by molar-refractivity contribution is -0.137. The van der Waals surface area contributed by atoms with Crippen molar-refractivity contribution in [3.05, 3.63) is 35.6 Å². The predicted octanol–water partition coefficient (Wildman–Crippen LogP) is 2.68. The number of halogens is 1. The van der Waals surface area contributed by atoms with Gasteiger partial charge in [0.1, 0.15) is 5.82 Å². The number of rotatable bonds is 5. The average Bonchev–Trinajstić information content (AvgIpc) is 3.02. The van der Waals surface area contributed by atoms with E-state index in [1.165, 1.54) is 19.9 Å². The average molecular weight is 397 g/mol. The SMILES string of the molecule is CC(C)CCN1C[C@@H]2[C@H](C1)N(Cc1ccccc1F)C(=O)C(C)(C)[S+]2(=O)[O-]. The Hall–Kier alpha value is -1.31. The third-order valence-electron chi connectivity index (χ3n) is 5.92. The van der Waals surface area contributed by atoms with Crippen molar-refractivity contribution < 1.29 is 17.9 Å². The van der Waals surface area contributed by atoms with Gasteiger partial charge in [0.25, 0.3) is 5.91 Å². The third-order valence-corrected chi connectivity index (χ3v) is 8.78. The van der Waals surface area contributed by atoms with Crippen LogP contribution in [0.25, 0.3) is 0 Å². The number of carbonyl (C=O) groups is 1. The maximum Gasteiger partial charge on any atom is 0.278 e. The lowest BCUT2D eigenvalue weighted by atomic mass is 10.1. The fourth-order valence-electron chi connectivity index (χ4n) is 4.06. The van der Waals surface area contributed by atoms with Gasteiger partial charge in [-0.15, -0.1) is 4.21 Å². The number of hydrogen-bond acceptors (Lipinski definition) is 4. The summed E-state index contributed by atoms with van der Waals surface area (Å²) in [6, 6.07) is 5.93. The minimum absolute atomic E-state index is 0.101. The first kappa shape index (κ1) is 20.4. The van der Waals surface area contributed by atoms with E-state index < -0.39 is 32.2 Å². The van der Waals surface area contributed by atoms with Gasteiger partial charge in [0.15, 0.2) is 5.25 Å². The highest BCUT2D eigenvalue weighted by molar-refractivity contribution is 8.00. The predicted molar refractivity (Wildman–Crippen MR) is 103 cm³/mol. The Morgan fingerprint density at radius 2 is 1.96 bits per heavy atom. The van der Waals surface area contributed by atoms with Crippen LogP contribution < -0.4 is 0 Å². The zero-order valence-electron chi connectivity index (χ0n) is 16.5. The number of sulfone groups is 1. The van der Waals surface area contributed by atoms with Crippen molar-refractivity contribution in [1.82, 2.24) is 9.80 Å². The monoisotopic (exact) mass is 396 g/mol. The van der Waals surface area contributed by atoms with E-state index >= 15 is 0 Å². The molecule has 27 heavy (non-hydrogen) atoms. The quantitative estimate of drug-likeness (QED) is 0.718. The molecule has 0 bridgehead atoms. The Morgan fingerprint density at radius 1 is 1.30 bits per heavy atom. The minimum Gasteiger partial charge on any atom is -0.614 e. The molecule has 1 unspecified atom stereocenters. The summed E-state index contributed by atoms with van der Waals surface area (Å²) >= 11 is 0. The third kappa shape index (κ3) is 3.57. The second-order valence-electron chi connectivity index (χ2n) is 8.63. The zero-order chi connectivity index (χ0) is 20.0. The largest absolute Gasteiger partial charge is 0.614 e. The maximum absolute atomic E-state index is 14.2. The van der Waals surface area contributed by atoms with E-state index in [1.54, 1.807) is 23.1 Å². The molecule has 2 aliphatic rings. The first-order valence-corrected chi connectivity index (χ1v) is 11.1. The van der Waals surface area contributed by atoms with Crippen LogP contribution in [0.2, 0.25) is 0 Å². The lowest BCUT2D eigenvalue weighted by Gasteiger charge is -2.47. The number of likely N-dealkylation sites (tertiary alicyclic amines) is 1. The first-order chi connectivity index (χ1) is 12.6. The summed E-state index contributed by atoms with van der Waals surface area (Å²) in [5.74, 6) is -0.280. The molecule has 0 radical (unpaired) electrons. The summed E-state index contributed by atoms with van der Waals surface area (Å²) in [5, 5.41) is -0.621. The van der Waals surface area contributed by atoms with Crippen molar-refractivity contribution in [3.8, 4) is 0 Å². The molecule has 2 aliphatic heterocycles. The summed E-state index contributed by atoms with van der Waals surface area (Å²) in [6.07, 6.45) is 0.976. The highest BCUT2D eigenvalue weighted by Gasteiger charge is 2.63. The Labute approximate surface area is 162 Å². The molecule has 0 N–H and O–H groups in total. The van der Waals surface area contributed by atoms with Gasteiger partial charge >= 0.3 is 0 Å². The number of amides is 1. The fourth-order valence-corrected chi connectivity index (χ4v) is 6.23. The second-order valence-corrected chi connectivity index (χ2v) is 11.3. The van der Waals surface area contributed by atoms with Gasteiger partial charge in [0.2, 0.25) is 4.75 Å². The van der Waals surface area contributed by atoms with E-state index in [9.17, 15) is 17.9 Å². The molecule has 0 spiro atoms. The molecular formula is C20H29FN2O3S. The van der Waals surface area contributed by atoms with Gasteiger partial charge in [-0.3, -0.25) is 9.69 Å². The van der Waals surface area contributed by atoms with E-state index in [2.05, 4.69) is 18.7 Å². The lowest BCUT2D eigenvalue weighted by Crippen LogP contribution is -2.67. The number of fused-ring (bicyclic) bond motifs is 1.